The first-order valence-corrected chi connectivity index (χ1v) is 6.84. The fraction of sp³-hybridized carbons (Fsp3) is 0.438. The van der Waals surface area contributed by atoms with Crippen LogP contribution in [0.5, 0.6) is 0 Å². The van der Waals surface area contributed by atoms with Crippen LogP contribution in [0.3, 0.4) is 0 Å². The van der Waals surface area contributed by atoms with E-state index in [1.165, 1.54) is 0 Å². The molecular weight excluding hydrogens is 279 g/mol. The summed E-state index contributed by atoms with van der Waals surface area (Å²) in [5.41, 5.74) is 1.13. The summed E-state index contributed by atoms with van der Waals surface area (Å²) < 4.78 is 38.2. The van der Waals surface area contributed by atoms with E-state index in [0.717, 1.165) is 0 Å². The van der Waals surface area contributed by atoms with Crippen LogP contribution in [-0.2, 0) is 4.79 Å². The molecule has 1 saturated carbocycles. The first kappa shape index (κ1) is 15.4. The predicted molar refractivity (Wildman–Crippen MR) is 74.5 cm³/mol. The zero-order valence-corrected chi connectivity index (χ0v) is 11.4. The third-order valence-electron chi connectivity index (χ3n) is 3.80. The second kappa shape index (κ2) is 6.21. The molecule has 1 aromatic rings. The van der Waals surface area contributed by atoms with Gasteiger partial charge in [-0.15, -0.1) is 6.42 Å². The molecule has 1 aromatic carbocycles. The maximum Gasteiger partial charge on any atom is 0.391 e. The Labute approximate surface area is 121 Å². The fourth-order valence-corrected chi connectivity index (χ4v) is 2.66. The molecule has 2 unspecified atom stereocenters. The van der Waals surface area contributed by atoms with Crippen molar-refractivity contribution < 1.29 is 18.0 Å². The van der Waals surface area contributed by atoms with Crippen LogP contribution >= 0.6 is 0 Å². The van der Waals surface area contributed by atoms with Crippen molar-refractivity contribution in [1.82, 2.24) is 0 Å². The van der Waals surface area contributed by atoms with Gasteiger partial charge in [0.15, 0.2) is 0 Å². The summed E-state index contributed by atoms with van der Waals surface area (Å²) in [5.74, 6) is 0.111. The molecule has 0 aliphatic heterocycles. The number of rotatable bonds is 2. The van der Waals surface area contributed by atoms with E-state index in [-0.39, 0.29) is 18.7 Å². The number of hydrogen-bond acceptors (Lipinski definition) is 1. The molecule has 0 radical (unpaired) electrons. The van der Waals surface area contributed by atoms with Gasteiger partial charge in [-0.2, -0.15) is 13.2 Å². The second-order valence-corrected chi connectivity index (χ2v) is 5.32. The molecule has 1 fully saturated rings. The lowest BCUT2D eigenvalue weighted by Gasteiger charge is -2.29. The van der Waals surface area contributed by atoms with Crippen molar-refractivity contribution in [2.75, 3.05) is 5.32 Å². The van der Waals surface area contributed by atoms with Crippen LogP contribution in [0, 0.1) is 24.2 Å². The molecule has 1 N–H and O–H groups in total. The number of halogens is 3. The molecule has 0 aromatic heterocycles. The Balaban J connectivity index is 2.01. The van der Waals surface area contributed by atoms with Crippen LogP contribution in [0.25, 0.3) is 0 Å². The number of terminal acetylenes is 1. The fourth-order valence-electron chi connectivity index (χ4n) is 2.66. The summed E-state index contributed by atoms with van der Waals surface area (Å²) in [6, 6.07) is 6.71. The Morgan fingerprint density at radius 1 is 1.33 bits per heavy atom. The summed E-state index contributed by atoms with van der Waals surface area (Å²) >= 11 is 0. The van der Waals surface area contributed by atoms with Gasteiger partial charge in [-0.25, -0.2) is 0 Å². The van der Waals surface area contributed by atoms with Crippen LogP contribution in [0.1, 0.15) is 31.2 Å². The number of nitrogens with one attached hydrogen (secondary N) is 1. The Hall–Kier alpha value is -1.96. The van der Waals surface area contributed by atoms with Crippen molar-refractivity contribution in [2.45, 2.75) is 31.9 Å². The highest BCUT2D eigenvalue weighted by Crippen LogP contribution is 2.40. The summed E-state index contributed by atoms with van der Waals surface area (Å²) in [5, 5.41) is 2.66. The highest BCUT2D eigenvalue weighted by atomic mass is 19.4. The summed E-state index contributed by atoms with van der Waals surface area (Å²) in [6.07, 6.45) is 1.94. The van der Waals surface area contributed by atoms with E-state index in [2.05, 4.69) is 11.2 Å². The molecule has 0 bridgehead atoms. The van der Waals surface area contributed by atoms with Gasteiger partial charge in [-0.05, 0) is 37.5 Å². The van der Waals surface area contributed by atoms with Crippen molar-refractivity contribution in [2.24, 2.45) is 11.8 Å². The molecule has 1 aliphatic carbocycles. The second-order valence-electron chi connectivity index (χ2n) is 5.32. The van der Waals surface area contributed by atoms with E-state index in [1.54, 1.807) is 24.3 Å². The van der Waals surface area contributed by atoms with Gasteiger partial charge < -0.3 is 5.32 Å². The van der Waals surface area contributed by atoms with Gasteiger partial charge in [-0.1, -0.05) is 18.4 Å². The maximum atomic E-state index is 12.7. The van der Waals surface area contributed by atoms with Gasteiger partial charge in [0.2, 0.25) is 5.91 Å². The van der Waals surface area contributed by atoms with E-state index < -0.39 is 18.0 Å². The Morgan fingerprint density at radius 2 is 2.10 bits per heavy atom. The molecule has 1 amide bonds. The standard InChI is InChI=1S/C16H16F3NO/c1-2-11-5-3-8-14(9-11)20-15(21)12-6-4-7-13(10-12)16(17,18)19/h1,3,5,8-9,12-13H,4,6-7,10H2,(H,20,21). The molecular formula is C16H16F3NO. The monoisotopic (exact) mass is 295 g/mol. The third-order valence-corrected chi connectivity index (χ3v) is 3.80. The van der Waals surface area contributed by atoms with Crippen LogP contribution < -0.4 is 5.32 Å². The van der Waals surface area contributed by atoms with Crippen LogP contribution in [0.2, 0.25) is 0 Å². The Morgan fingerprint density at radius 3 is 2.76 bits per heavy atom. The number of hydrogen-bond donors (Lipinski definition) is 1. The maximum absolute atomic E-state index is 12.7. The lowest BCUT2D eigenvalue weighted by atomic mass is 9.80. The van der Waals surface area contributed by atoms with Crippen LogP contribution in [-0.4, -0.2) is 12.1 Å². The molecule has 2 atom stereocenters. The van der Waals surface area contributed by atoms with E-state index in [4.69, 9.17) is 6.42 Å². The quantitative estimate of drug-likeness (QED) is 0.822. The number of anilines is 1. The normalized spacial score (nSPS) is 22.4. The summed E-state index contributed by atoms with van der Waals surface area (Å²) in [6.45, 7) is 0. The molecule has 1 aliphatic rings. The first-order valence-electron chi connectivity index (χ1n) is 6.84. The molecule has 0 heterocycles. The van der Waals surface area contributed by atoms with Crippen molar-refractivity contribution in [1.29, 1.82) is 0 Å². The van der Waals surface area contributed by atoms with Crippen molar-refractivity contribution in [3.8, 4) is 12.3 Å². The molecule has 2 rings (SSSR count). The van der Waals surface area contributed by atoms with Crippen molar-refractivity contribution in [3.63, 3.8) is 0 Å². The molecule has 2 nitrogen and oxygen atoms in total. The van der Waals surface area contributed by atoms with Crippen molar-refractivity contribution in [3.05, 3.63) is 29.8 Å². The summed E-state index contributed by atoms with van der Waals surface area (Å²) in [4.78, 5) is 12.1. The average Bonchev–Trinajstić information content (AvgIpc) is 2.46. The largest absolute Gasteiger partial charge is 0.391 e. The highest BCUT2D eigenvalue weighted by molar-refractivity contribution is 5.92. The van der Waals surface area contributed by atoms with E-state index in [0.29, 0.717) is 24.1 Å². The van der Waals surface area contributed by atoms with Gasteiger partial charge in [0, 0.05) is 17.2 Å². The van der Waals surface area contributed by atoms with E-state index >= 15 is 0 Å². The minimum Gasteiger partial charge on any atom is -0.326 e. The van der Waals surface area contributed by atoms with E-state index in [9.17, 15) is 18.0 Å². The van der Waals surface area contributed by atoms with Gasteiger partial charge in [-0.3, -0.25) is 4.79 Å². The first-order chi connectivity index (χ1) is 9.90. The minimum absolute atomic E-state index is 0.111. The Bertz CT molecular complexity index is 559. The van der Waals surface area contributed by atoms with Gasteiger partial charge in [0.1, 0.15) is 0 Å². The predicted octanol–water partition coefficient (Wildman–Crippen LogP) is 3.98. The molecule has 112 valence electrons. The smallest absolute Gasteiger partial charge is 0.326 e. The molecule has 0 spiro atoms. The Kier molecular flexibility index (Phi) is 4.56. The topological polar surface area (TPSA) is 29.1 Å². The lowest BCUT2D eigenvalue weighted by molar-refractivity contribution is -0.185. The van der Waals surface area contributed by atoms with Crippen molar-refractivity contribution >= 4 is 11.6 Å². The third kappa shape index (κ3) is 4.01. The van der Waals surface area contributed by atoms with Gasteiger partial charge in [0.05, 0.1) is 5.92 Å². The highest BCUT2D eigenvalue weighted by Gasteiger charge is 2.43. The lowest BCUT2D eigenvalue weighted by Crippen LogP contribution is -2.34. The molecule has 21 heavy (non-hydrogen) atoms. The number of carbonyl (C=O) groups excluding carboxylic acids is 1. The number of amides is 1. The number of alkyl halides is 3. The number of carbonyl (C=O) groups is 1. The van der Waals surface area contributed by atoms with Crippen LogP contribution in [0.15, 0.2) is 24.3 Å². The zero-order valence-electron chi connectivity index (χ0n) is 11.4. The van der Waals surface area contributed by atoms with Gasteiger partial charge >= 0.3 is 6.18 Å². The van der Waals surface area contributed by atoms with Crippen LogP contribution in [0.4, 0.5) is 18.9 Å². The summed E-state index contributed by atoms with van der Waals surface area (Å²) in [7, 11) is 0. The zero-order chi connectivity index (χ0) is 15.5. The average molecular weight is 295 g/mol. The van der Waals surface area contributed by atoms with E-state index in [1.807, 2.05) is 0 Å². The minimum atomic E-state index is -4.22. The van der Waals surface area contributed by atoms with Gasteiger partial charge in [0.25, 0.3) is 0 Å². The molecule has 0 saturated heterocycles. The SMILES string of the molecule is C#Cc1cccc(NC(=O)C2CCCC(C(F)(F)F)C2)c1. The molecule has 5 heteroatoms. The number of benzene rings is 1.